The SMILES string of the molecule is O=C(Cc1ccccc1)c1c[nH]c2ccncc12. The molecule has 0 fully saturated rings. The first-order valence-corrected chi connectivity index (χ1v) is 5.83. The zero-order valence-corrected chi connectivity index (χ0v) is 9.76. The third-order valence-corrected chi connectivity index (χ3v) is 2.99. The number of carbonyl (C=O) groups is 1. The smallest absolute Gasteiger partial charge is 0.169 e. The molecule has 3 aromatic rings. The molecule has 2 aromatic heterocycles. The monoisotopic (exact) mass is 236 g/mol. The van der Waals surface area contributed by atoms with Crippen molar-refractivity contribution in [3.05, 3.63) is 66.1 Å². The summed E-state index contributed by atoms with van der Waals surface area (Å²) in [6.45, 7) is 0. The van der Waals surface area contributed by atoms with E-state index in [-0.39, 0.29) is 5.78 Å². The molecule has 0 spiro atoms. The summed E-state index contributed by atoms with van der Waals surface area (Å²) in [5.41, 5.74) is 2.68. The molecule has 0 saturated heterocycles. The minimum atomic E-state index is 0.112. The van der Waals surface area contributed by atoms with Crippen molar-refractivity contribution >= 4 is 16.7 Å². The summed E-state index contributed by atoms with van der Waals surface area (Å²) in [5, 5.41) is 0.887. The van der Waals surface area contributed by atoms with E-state index in [4.69, 9.17) is 0 Å². The van der Waals surface area contributed by atoms with Gasteiger partial charge in [-0.2, -0.15) is 0 Å². The van der Waals surface area contributed by atoms with E-state index in [0.29, 0.717) is 12.0 Å². The van der Waals surface area contributed by atoms with E-state index in [2.05, 4.69) is 9.97 Å². The van der Waals surface area contributed by atoms with Crippen LogP contribution in [0.15, 0.2) is 55.0 Å². The van der Waals surface area contributed by atoms with E-state index < -0.39 is 0 Å². The van der Waals surface area contributed by atoms with Crippen LogP contribution in [0.25, 0.3) is 10.9 Å². The molecule has 1 aromatic carbocycles. The van der Waals surface area contributed by atoms with Crippen molar-refractivity contribution in [3.8, 4) is 0 Å². The molecule has 2 heterocycles. The molecule has 18 heavy (non-hydrogen) atoms. The van der Waals surface area contributed by atoms with Gasteiger partial charge in [-0.05, 0) is 11.6 Å². The number of hydrogen-bond donors (Lipinski definition) is 1. The molecular formula is C15H12N2O. The van der Waals surface area contributed by atoms with E-state index in [0.717, 1.165) is 16.5 Å². The molecule has 0 aliphatic carbocycles. The summed E-state index contributed by atoms with van der Waals surface area (Å²) in [7, 11) is 0. The Bertz CT molecular complexity index is 686. The Morgan fingerprint density at radius 3 is 2.83 bits per heavy atom. The van der Waals surface area contributed by atoms with Crippen LogP contribution in [0.3, 0.4) is 0 Å². The molecule has 1 N–H and O–H groups in total. The molecular weight excluding hydrogens is 224 g/mol. The summed E-state index contributed by atoms with van der Waals surface area (Å²) >= 11 is 0. The number of carbonyl (C=O) groups excluding carboxylic acids is 1. The van der Waals surface area contributed by atoms with Gasteiger partial charge in [-0.25, -0.2) is 0 Å². The standard InChI is InChI=1S/C15H12N2O/c18-15(8-11-4-2-1-3-5-11)13-10-17-14-6-7-16-9-12(13)14/h1-7,9-10,17H,8H2. The number of fused-ring (bicyclic) bond motifs is 1. The molecule has 0 saturated carbocycles. The third kappa shape index (κ3) is 1.91. The van der Waals surface area contributed by atoms with Gasteiger partial charge in [-0.1, -0.05) is 30.3 Å². The van der Waals surface area contributed by atoms with Gasteiger partial charge >= 0.3 is 0 Å². The zero-order valence-electron chi connectivity index (χ0n) is 9.76. The van der Waals surface area contributed by atoms with Gasteiger partial charge in [0.2, 0.25) is 0 Å². The minimum Gasteiger partial charge on any atom is -0.360 e. The van der Waals surface area contributed by atoms with Gasteiger partial charge in [-0.3, -0.25) is 9.78 Å². The number of aromatic amines is 1. The van der Waals surface area contributed by atoms with Gasteiger partial charge in [0.15, 0.2) is 5.78 Å². The van der Waals surface area contributed by atoms with Crippen molar-refractivity contribution in [2.75, 3.05) is 0 Å². The minimum absolute atomic E-state index is 0.112. The summed E-state index contributed by atoms with van der Waals surface area (Å²) in [6, 6.07) is 11.6. The van der Waals surface area contributed by atoms with Crippen LogP contribution in [0.4, 0.5) is 0 Å². The van der Waals surface area contributed by atoms with Gasteiger partial charge < -0.3 is 4.98 Å². The molecule has 0 aliphatic rings. The number of aromatic nitrogens is 2. The maximum atomic E-state index is 12.2. The van der Waals surface area contributed by atoms with Crippen LogP contribution < -0.4 is 0 Å². The van der Waals surface area contributed by atoms with Gasteiger partial charge in [-0.15, -0.1) is 0 Å². The van der Waals surface area contributed by atoms with E-state index in [1.165, 1.54) is 0 Å². The molecule has 3 heteroatoms. The normalized spacial score (nSPS) is 10.7. The fourth-order valence-electron chi connectivity index (χ4n) is 2.07. The third-order valence-electron chi connectivity index (χ3n) is 2.99. The molecule has 3 rings (SSSR count). The zero-order chi connectivity index (χ0) is 12.4. The first-order valence-electron chi connectivity index (χ1n) is 5.83. The predicted octanol–water partition coefficient (Wildman–Crippen LogP) is 2.99. The average molecular weight is 236 g/mol. The number of nitrogens with zero attached hydrogens (tertiary/aromatic N) is 1. The number of ketones is 1. The van der Waals surface area contributed by atoms with Crippen molar-refractivity contribution in [3.63, 3.8) is 0 Å². The number of Topliss-reactive ketones (excluding diaryl/α,β-unsaturated/α-hetero) is 1. The average Bonchev–Trinajstić information content (AvgIpc) is 2.84. The lowest BCUT2D eigenvalue weighted by Gasteiger charge is -1.99. The van der Waals surface area contributed by atoms with Gasteiger partial charge in [0.25, 0.3) is 0 Å². The molecule has 3 nitrogen and oxygen atoms in total. The molecule has 0 unspecified atom stereocenters. The van der Waals surface area contributed by atoms with Crippen LogP contribution in [0.1, 0.15) is 15.9 Å². The van der Waals surface area contributed by atoms with E-state index in [9.17, 15) is 4.79 Å². The van der Waals surface area contributed by atoms with E-state index >= 15 is 0 Å². The molecule has 0 aliphatic heterocycles. The van der Waals surface area contributed by atoms with Crippen LogP contribution in [-0.4, -0.2) is 15.8 Å². The van der Waals surface area contributed by atoms with E-state index in [1.54, 1.807) is 18.6 Å². The highest BCUT2D eigenvalue weighted by molar-refractivity contribution is 6.08. The Balaban J connectivity index is 1.93. The highest BCUT2D eigenvalue weighted by Gasteiger charge is 2.12. The Kier molecular flexibility index (Phi) is 2.65. The second-order valence-electron chi connectivity index (χ2n) is 4.21. The number of nitrogens with one attached hydrogen (secondary N) is 1. The van der Waals surface area contributed by atoms with Gasteiger partial charge in [0.05, 0.1) is 0 Å². The second-order valence-corrected chi connectivity index (χ2v) is 4.21. The maximum absolute atomic E-state index is 12.2. The molecule has 0 amide bonds. The largest absolute Gasteiger partial charge is 0.360 e. The fraction of sp³-hybridized carbons (Fsp3) is 0.0667. The van der Waals surface area contributed by atoms with Crippen molar-refractivity contribution in [1.82, 2.24) is 9.97 Å². The van der Waals surface area contributed by atoms with Crippen LogP contribution in [0.2, 0.25) is 0 Å². The summed E-state index contributed by atoms with van der Waals surface area (Å²) in [4.78, 5) is 19.4. The summed E-state index contributed by atoms with van der Waals surface area (Å²) < 4.78 is 0. The van der Waals surface area contributed by atoms with Crippen LogP contribution in [0.5, 0.6) is 0 Å². The molecule has 0 radical (unpaired) electrons. The Hall–Kier alpha value is -2.42. The number of pyridine rings is 1. The van der Waals surface area contributed by atoms with Crippen molar-refractivity contribution in [1.29, 1.82) is 0 Å². The highest BCUT2D eigenvalue weighted by atomic mass is 16.1. The van der Waals surface area contributed by atoms with Crippen LogP contribution >= 0.6 is 0 Å². The lowest BCUT2D eigenvalue weighted by atomic mass is 10.0. The number of benzene rings is 1. The summed E-state index contributed by atoms with van der Waals surface area (Å²) in [6.07, 6.45) is 5.62. The second kappa shape index (κ2) is 4.45. The molecule has 0 atom stereocenters. The fourth-order valence-corrected chi connectivity index (χ4v) is 2.07. The van der Waals surface area contributed by atoms with Crippen LogP contribution in [0, 0.1) is 0 Å². The van der Waals surface area contributed by atoms with Gasteiger partial charge in [0, 0.05) is 41.5 Å². The molecule has 0 bridgehead atoms. The Labute approximate surface area is 104 Å². The predicted molar refractivity (Wildman–Crippen MR) is 70.6 cm³/mol. The van der Waals surface area contributed by atoms with Crippen molar-refractivity contribution in [2.24, 2.45) is 0 Å². The topological polar surface area (TPSA) is 45.8 Å². The lowest BCUT2D eigenvalue weighted by Crippen LogP contribution is -2.02. The van der Waals surface area contributed by atoms with Gasteiger partial charge in [0.1, 0.15) is 0 Å². The summed E-state index contributed by atoms with van der Waals surface area (Å²) in [5.74, 6) is 0.112. The van der Waals surface area contributed by atoms with Crippen molar-refractivity contribution < 1.29 is 4.79 Å². The Morgan fingerprint density at radius 2 is 2.00 bits per heavy atom. The maximum Gasteiger partial charge on any atom is 0.169 e. The first-order chi connectivity index (χ1) is 8.84. The lowest BCUT2D eigenvalue weighted by molar-refractivity contribution is 0.0994. The molecule has 88 valence electrons. The van der Waals surface area contributed by atoms with Crippen molar-refractivity contribution in [2.45, 2.75) is 6.42 Å². The quantitative estimate of drug-likeness (QED) is 0.710. The van der Waals surface area contributed by atoms with E-state index in [1.807, 2.05) is 36.4 Å². The number of rotatable bonds is 3. The first kappa shape index (κ1) is 10.7. The number of hydrogen-bond acceptors (Lipinski definition) is 2. The highest BCUT2D eigenvalue weighted by Crippen LogP contribution is 2.18. The Morgan fingerprint density at radius 1 is 1.17 bits per heavy atom. The van der Waals surface area contributed by atoms with Crippen LogP contribution in [-0.2, 0) is 6.42 Å². The number of H-pyrrole nitrogens is 1.